The molecule has 0 spiro atoms. The van der Waals surface area contributed by atoms with Crippen molar-refractivity contribution in [2.45, 2.75) is 22.3 Å². The molecule has 0 saturated heterocycles. The Morgan fingerprint density at radius 3 is 2.36 bits per heavy atom. The number of carbonyl (C=O) groups excluding carboxylic acids is 1. The van der Waals surface area contributed by atoms with Gasteiger partial charge in [-0.2, -0.15) is 0 Å². The first-order valence-electron chi connectivity index (χ1n) is 10.1. The predicted octanol–water partition coefficient (Wildman–Crippen LogP) is 3.82. The van der Waals surface area contributed by atoms with Gasteiger partial charge in [0.05, 0.1) is 15.9 Å². The number of benzene rings is 3. The zero-order valence-electron chi connectivity index (χ0n) is 18.0. The van der Waals surface area contributed by atoms with Crippen LogP contribution in [0.4, 0.5) is 0 Å². The Balaban J connectivity index is 0.00000385. The number of amides is 1. The third-order valence-corrected chi connectivity index (χ3v) is 7.03. The van der Waals surface area contributed by atoms with Crippen LogP contribution in [0.2, 0.25) is 5.02 Å². The fourth-order valence-corrected chi connectivity index (χ4v) is 4.73. The zero-order valence-corrected chi connectivity index (χ0v) is 20.4. The van der Waals surface area contributed by atoms with Crippen molar-refractivity contribution in [1.82, 2.24) is 10.6 Å². The molecule has 33 heavy (non-hydrogen) atoms. The van der Waals surface area contributed by atoms with Crippen LogP contribution in [0.5, 0.6) is 0 Å². The summed E-state index contributed by atoms with van der Waals surface area (Å²) in [5.41, 5.74) is 2.00. The second kappa shape index (κ2) is 12.2. The minimum absolute atomic E-state index is 0. The lowest BCUT2D eigenvalue weighted by molar-refractivity contribution is 0.0963. The smallest absolute Gasteiger partial charge is 0.251 e. The van der Waals surface area contributed by atoms with E-state index in [1.165, 1.54) is 19.2 Å². The van der Waals surface area contributed by atoms with Crippen molar-refractivity contribution in [2.75, 3.05) is 20.1 Å². The Kier molecular flexibility index (Phi) is 9.88. The van der Waals surface area contributed by atoms with Crippen molar-refractivity contribution < 1.29 is 18.3 Å². The van der Waals surface area contributed by atoms with E-state index in [0.29, 0.717) is 24.5 Å². The van der Waals surface area contributed by atoms with E-state index in [0.717, 1.165) is 11.1 Å². The molecule has 3 aromatic rings. The van der Waals surface area contributed by atoms with Gasteiger partial charge < -0.3 is 15.7 Å². The molecule has 0 radical (unpaired) electrons. The van der Waals surface area contributed by atoms with Crippen molar-refractivity contribution in [1.29, 1.82) is 0 Å². The van der Waals surface area contributed by atoms with Crippen molar-refractivity contribution >= 4 is 39.8 Å². The van der Waals surface area contributed by atoms with Gasteiger partial charge in [-0.3, -0.25) is 4.79 Å². The number of halogens is 2. The predicted molar refractivity (Wildman–Crippen MR) is 132 cm³/mol. The lowest BCUT2D eigenvalue weighted by Crippen LogP contribution is -2.23. The highest BCUT2D eigenvalue weighted by Gasteiger charge is 2.19. The van der Waals surface area contributed by atoms with E-state index in [2.05, 4.69) is 10.6 Å². The summed E-state index contributed by atoms with van der Waals surface area (Å²) >= 11 is 5.95. The van der Waals surface area contributed by atoms with Crippen LogP contribution in [-0.4, -0.2) is 39.6 Å². The number of aliphatic hydroxyl groups is 1. The van der Waals surface area contributed by atoms with E-state index in [1.54, 1.807) is 54.6 Å². The number of carbonyl (C=O) groups is 1. The molecule has 0 bridgehead atoms. The third-order valence-electron chi connectivity index (χ3n) is 5.03. The normalized spacial score (nSPS) is 12.0. The molecule has 0 unspecified atom stereocenters. The summed E-state index contributed by atoms with van der Waals surface area (Å²) < 4.78 is 25.8. The third kappa shape index (κ3) is 7.03. The second-order valence-corrected chi connectivity index (χ2v) is 9.67. The Hall–Kier alpha value is -2.42. The molecule has 0 aliphatic rings. The molecule has 3 N–H and O–H groups in total. The van der Waals surface area contributed by atoms with E-state index in [1.807, 2.05) is 6.07 Å². The standard InChI is InChI=1S/C24H25ClN2O4S.ClH/c1-26-24(29)19-5-3-7-22(15-19)32(30,31)21-10-8-17(9-11-21)12-13-27-16-23(28)18-4-2-6-20(25)14-18;/h2-11,14-15,23,27-28H,12-13,16H2,1H3,(H,26,29);1H/t23-;/m1./s1. The van der Waals surface area contributed by atoms with Gasteiger partial charge in [0.15, 0.2) is 0 Å². The molecule has 0 heterocycles. The molecule has 6 nitrogen and oxygen atoms in total. The van der Waals surface area contributed by atoms with Crippen LogP contribution in [0.3, 0.4) is 0 Å². The first kappa shape index (κ1) is 26.8. The van der Waals surface area contributed by atoms with E-state index in [9.17, 15) is 18.3 Å². The van der Waals surface area contributed by atoms with Gasteiger partial charge >= 0.3 is 0 Å². The lowest BCUT2D eigenvalue weighted by Gasteiger charge is -2.13. The minimum atomic E-state index is -3.73. The summed E-state index contributed by atoms with van der Waals surface area (Å²) in [5, 5.41) is 16.5. The maximum absolute atomic E-state index is 12.9. The minimum Gasteiger partial charge on any atom is -0.387 e. The first-order chi connectivity index (χ1) is 15.3. The van der Waals surface area contributed by atoms with Gasteiger partial charge in [-0.25, -0.2) is 8.42 Å². The number of hydrogen-bond donors (Lipinski definition) is 3. The highest BCUT2D eigenvalue weighted by Crippen LogP contribution is 2.22. The fraction of sp³-hybridized carbons (Fsp3) is 0.208. The molecular weight excluding hydrogens is 483 g/mol. The molecule has 0 aromatic heterocycles. The van der Waals surface area contributed by atoms with E-state index in [4.69, 9.17) is 11.6 Å². The molecule has 3 aromatic carbocycles. The largest absolute Gasteiger partial charge is 0.387 e. The summed E-state index contributed by atoms with van der Waals surface area (Å²) in [4.78, 5) is 12.0. The molecule has 9 heteroatoms. The average molecular weight is 509 g/mol. The van der Waals surface area contributed by atoms with Crippen molar-refractivity contribution in [3.63, 3.8) is 0 Å². The number of sulfone groups is 1. The molecule has 1 atom stereocenters. The average Bonchev–Trinajstić information content (AvgIpc) is 2.81. The summed E-state index contributed by atoms with van der Waals surface area (Å²) in [5.74, 6) is -0.342. The van der Waals surface area contributed by atoms with E-state index < -0.39 is 15.9 Å². The quantitative estimate of drug-likeness (QED) is 0.382. The molecule has 1 amide bonds. The Morgan fingerprint density at radius 1 is 1.00 bits per heavy atom. The van der Waals surface area contributed by atoms with Crippen LogP contribution < -0.4 is 10.6 Å². The van der Waals surface area contributed by atoms with Gasteiger partial charge in [-0.1, -0.05) is 41.9 Å². The number of rotatable bonds is 9. The van der Waals surface area contributed by atoms with Crippen LogP contribution in [-0.2, 0) is 16.3 Å². The van der Waals surface area contributed by atoms with Crippen molar-refractivity contribution in [3.05, 3.63) is 94.5 Å². The highest BCUT2D eigenvalue weighted by atomic mass is 35.5. The fourth-order valence-electron chi connectivity index (χ4n) is 3.22. The molecule has 0 fully saturated rings. The lowest BCUT2D eigenvalue weighted by atomic mass is 10.1. The maximum Gasteiger partial charge on any atom is 0.251 e. The molecule has 3 rings (SSSR count). The van der Waals surface area contributed by atoms with Crippen molar-refractivity contribution in [2.24, 2.45) is 0 Å². The van der Waals surface area contributed by atoms with Crippen LogP contribution in [0.15, 0.2) is 82.6 Å². The summed E-state index contributed by atoms with van der Waals surface area (Å²) in [6.45, 7) is 1.01. The number of nitrogens with one attached hydrogen (secondary N) is 2. The van der Waals surface area contributed by atoms with Crippen LogP contribution in [0, 0.1) is 0 Å². The molecule has 0 aliphatic heterocycles. The second-order valence-electron chi connectivity index (χ2n) is 7.28. The Labute approximate surface area is 205 Å². The van der Waals surface area contributed by atoms with Gasteiger partial charge in [0.2, 0.25) is 9.84 Å². The topological polar surface area (TPSA) is 95.5 Å². The van der Waals surface area contributed by atoms with Crippen LogP contribution >= 0.6 is 24.0 Å². The number of aliphatic hydroxyl groups excluding tert-OH is 1. The first-order valence-corrected chi connectivity index (χ1v) is 12.0. The summed E-state index contributed by atoms with van der Waals surface area (Å²) in [6.07, 6.45) is 0.0150. The molecule has 0 aliphatic carbocycles. The van der Waals surface area contributed by atoms with Gasteiger partial charge in [0.25, 0.3) is 5.91 Å². The zero-order chi connectivity index (χ0) is 23.1. The maximum atomic E-state index is 12.9. The monoisotopic (exact) mass is 508 g/mol. The van der Waals surface area contributed by atoms with Gasteiger partial charge in [-0.15, -0.1) is 12.4 Å². The highest BCUT2D eigenvalue weighted by molar-refractivity contribution is 7.91. The molecule has 176 valence electrons. The van der Waals surface area contributed by atoms with Gasteiger partial charge in [0, 0.05) is 24.2 Å². The molecular formula is C24H26Cl2N2O4S. The molecule has 0 saturated carbocycles. The van der Waals surface area contributed by atoms with Crippen LogP contribution in [0.25, 0.3) is 0 Å². The Morgan fingerprint density at radius 2 is 1.70 bits per heavy atom. The SMILES string of the molecule is CNC(=O)c1cccc(S(=O)(=O)c2ccc(CCNC[C@@H](O)c3cccc(Cl)c3)cc2)c1.Cl. The number of hydrogen-bond acceptors (Lipinski definition) is 5. The Bertz CT molecular complexity index is 1190. The van der Waals surface area contributed by atoms with Gasteiger partial charge in [0.1, 0.15) is 0 Å². The van der Waals surface area contributed by atoms with Crippen LogP contribution in [0.1, 0.15) is 27.6 Å². The van der Waals surface area contributed by atoms with Crippen molar-refractivity contribution in [3.8, 4) is 0 Å². The van der Waals surface area contributed by atoms with E-state index >= 15 is 0 Å². The summed E-state index contributed by atoms with van der Waals surface area (Å²) in [7, 11) is -2.23. The van der Waals surface area contributed by atoms with Gasteiger partial charge in [-0.05, 0) is 66.6 Å². The van der Waals surface area contributed by atoms with E-state index in [-0.39, 0.29) is 33.7 Å². The summed E-state index contributed by atoms with van der Waals surface area (Å²) in [6, 6.07) is 19.7.